The highest BCUT2D eigenvalue weighted by atomic mass is 35.5. The zero-order valence-electron chi connectivity index (χ0n) is 8.59. The Morgan fingerprint density at radius 2 is 2.20 bits per heavy atom. The molecule has 0 bridgehead atoms. The normalized spacial score (nSPS) is 14.7. The van der Waals surface area contributed by atoms with Crippen molar-refractivity contribution in [3.63, 3.8) is 0 Å². The van der Waals surface area contributed by atoms with Gasteiger partial charge in [0.2, 0.25) is 0 Å². The largest absolute Gasteiger partial charge is 0.349 e. The first-order chi connectivity index (χ1) is 7.04. The van der Waals surface area contributed by atoms with Gasteiger partial charge >= 0.3 is 0 Å². The molecule has 0 saturated heterocycles. The highest BCUT2D eigenvalue weighted by molar-refractivity contribution is 7.17. The van der Waals surface area contributed by atoms with Crippen LogP contribution in [0.4, 0.5) is 0 Å². The topological polar surface area (TPSA) is 29.1 Å². The third kappa shape index (κ3) is 3.67. The molecule has 0 aliphatic heterocycles. The number of hydrogen-bond acceptors (Lipinski definition) is 2. The van der Waals surface area contributed by atoms with Crippen LogP contribution in [0.2, 0.25) is 4.34 Å². The van der Waals surface area contributed by atoms with Crippen LogP contribution in [-0.4, -0.2) is 17.8 Å². The van der Waals surface area contributed by atoms with E-state index in [1.807, 2.05) is 13.8 Å². The number of halogens is 2. The summed E-state index contributed by atoms with van der Waals surface area (Å²) in [5, 5.41) is 2.89. The average Bonchev–Trinajstić information content (AvgIpc) is 2.63. The van der Waals surface area contributed by atoms with Gasteiger partial charge in [-0.3, -0.25) is 4.79 Å². The molecule has 1 aromatic rings. The molecule has 0 radical (unpaired) electrons. The molecule has 0 aromatic carbocycles. The molecular weight excluding hydrogens is 253 g/mol. The lowest BCUT2D eigenvalue weighted by Crippen LogP contribution is -2.37. The summed E-state index contributed by atoms with van der Waals surface area (Å²) in [6.07, 6.45) is 0. The molecule has 2 atom stereocenters. The first-order valence-electron chi connectivity index (χ1n) is 4.66. The molecule has 0 aliphatic rings. The lowest BCUT2D eigenvalue weighted by atomic mass is 10.1. The second-order valence-electron chi connectivity index (χ2n) is 3.50. The highest BCUT2D eigenvalue weighted by Gasteiger charge is 2.15. The molecule has 15 heavy (non-hydrogen) atoms. The summed E-state index contributed by atoms with van der Waals surface area (Å²) in [4.78, 5) is 12.3. The van der Waals surface area contributed by atoms with E-state index >= 15 is 0 Å². The van der Waals surface area contributed by atoms with Crippen molar-refractivity contribution >= 4 is 40.4 Å². The average molecular weight is 266 g/mol. The van der Waals surface area contributed by atoms with Crippen LogP contribution in [-0.2, 0) is 0 Å². The van der Waals surface area contributed by atoms with Crippen LogP contribution >= 0.6 is 34.5 Å². The molecule has 84 valence electrons. The molecule has 0 saturated carbocycles. The van der Waals surface area contributed by atoms with Gasteiger partial charge in [0.05, 0.1) is 9.21 Å². The molecular formula is C10H13Cl2NOS. The molecule has 5 heteroatoms. The van der Waals surface area contributed by atoms with Crippen molar-refractivity contribution in [2.75, 3.05) is 5.88 Å². The van der Waals surface area contributed by atoms with Crippen LogP contribution in [0.5, 0.6) is 0 Å². The van der Waals surface area contributed by atoms with Crippen molar-refractivity contribution < 1.29 is 4.79 Å². The molecule has 1 rings (SSSR count). The molecule has 1 amide bonds. The van der Waals surface area contributed by atoms with E-state index < -0.39 is 0 Å². The lowest BCUT2D eigenvalue weighted by Gasteiger charge is -2.18. The van der Waals surface area contributed by atoms with E-state index in [1.54, 1.807) is 12.1 Å². The van der Waals surface area contributed by atoms with Gasteiger partial charge < -0.3 is 5.32 Å². The fourth-order valence-corrected chi connectivity index (χ4v) is 2.20. The minimum atomic E-state index is -0.0867. The van der Waals surface area contributed by atoms with Crippen molar-refractivity contribution in [2.45, 2.75) is 19.9 Å². The minimum absolute atomic E-state index is 0.0656. The van der Waals surface area contributed by atoms with E-state index in [4.69, 9.17) is 23.2 Å². The number of rotatable bonds is 4. The molecule has 2 unspecified atom stereocenters. The number of amides is 1. The lowest BCUT2D eigenvalue weighted by molar-refractivity contribution is 0.0935. The first kappa shape index (κ1) is 12.8. The molecule has 0 aliphatic carbocycles. The maximum atomic E-state index is 11.7. The van der Waals surface area contributed by atoms with Crippen molar-refractivity contribution in [2.24, 2.45) is 5.92 Å². The van der Waals surface area contributed by atoms with Crippen LogP contribution in [0.25, 0.3) is 0 Å². The summed E-state index contributed by atoms with van der Waals surface area (Å²) in [6.45, 7) is 3.94. The van der Waals surface area contributed by atoms with E-state index in [2.05, 4.69) is 5.32 Å². The summed E-state index contributed by atoms with van der Waals surface area (Å²) in [5.41, 5.74) is 0. The monoisotopic (exact) mass is 265 g/mol. The van der Waals surface area contributed by atoms with Crippen molar-refractivity contribution in [1.82, 2.24) is 5.32 Å². The molecule has 1 heterocycles. The van der Waals surface area contributed by atoms with Gasteiger partial charge in [0, 0.05) is 11.9 Å². The van der Waals surface area contributed by atoms with E-state index in [0.29, 0.717) is 15.1 Å². The van der Waals surface area contributed by atoms with E-state index in [9.17, 15) is 4.79 Å². The quantitative estimate of drug-likeness (QED) is 0.831. The Hall–Kier alpha value is -0.250. The van der Waals surface area contributed by atoms with Gasteiger partial charge in [-0.15, -0.1) is 22.9 Å². The summed E-state index contributed by atoms with van der Waals surface area (Å²) < 4.78 is 0.623. The number of carbonyl (C=O) groups excluding carboxylic acids is 1. The molecule has 0 fully saturated rings. The number of carbonyl (C=O) groups is 1. The van der Waals surface area contributed by atoms with E-state index in [1.165, 1.54) is 11.3 Å². The predicted molar refractivity (Wildman–Crippen MR) is 66.1 cm³/mol. The van der Waals surface area contributed by atoms with Crippen LogP contribution in [0.1, 0.15) is 23.5 Å². The minimum Gasteiger partial charge on any atom is -0.349 e. The van der Waals surface area contributed by atoms with Gasteiger partial charge in [-0.2, -0.15) is 0 Å². The zero-order chi connectivity index (χ0) is 11.4. The van der Waals surface area contributed by atoms with Gasteiger partial charge in [0.25, 0.3) is 5.91 Å². The van der Waals surface area contributed by atoms with E-state index in [-0.39, 0.29) is 17.9 Å². The van der Waals surface area contributed by atoms with Crippen LogP contribution < -0.4 is 5.32 Å². The number of nitrogens with one attached hydrogen (secondary N) is 1. The van der Waals surface area contributed by atoms with Crippen molar-refractivity contribution in [1.29, 1.82) is 0 Å². The summed E-state index contributed by atoms with van der Waals surface area (Å²) in [5.74, 6) is 0.703. The fraction of sp³-hybridized carbons (Fsp3) is 0.500. The Morgan fingerprint density at radius 3 is 2.67 bits per heavy atom. The van der Waals surface area contributed by atoms with Crippen LogP contribution in [0.3, 0.4) is 0 Å². The Bertz CT molecular complexity index is 340. The van der Waals surface area contributed by atoms with Gasteiger partial charge in [0.1, 0.15) is 0 Å². The Balaban J connectivity index is 2.56. The fourth-order valence-electron chi connectivity index (χ4n) is 0.990. The third-order valence-corrected chi connectivity index (χ3v) is 3.97. The maximum absolute atomic E-state index is 11.7. The molecule has 1 aromatic heterocycles. The Morgan fingerprint density at radius 1 is 1.53 bits per heavy atom. The molecule has 2 nitrogen and oxygen atoms in total. The number of thiophene rings is 1. The highest BCUT2D eigenvalue weighted by Crippen LogP contribution is 2.21. The van der Waals surface area contributed by atoms with Crippen molar-refractivity contribution in [3.8, 4) is 0 Å². The first-order valence-corrected chi connectivity index (χ1v) is 6.39. The van der Waals surface area contributed by atoms with Gasteiger partial charge in [-0.05, 0) is 25.0 Å². The molecule has 1 N–H and O–H groups in total. The third-order valence-electron chi connectivity index (χ3n) is 2.25. The number of hydrogen-bond donors (Lipinski definition) is 1. The van der Waals surface area contributed by atoms with Crippen LogP contribution in [0.15, 0.2) is 12.1 Å². The summed E-state index contributed by atoms with van der Waals surface area (Å²) in [6, 6.07) is 3.51. The van der Waals surface area contributed by atoms with Gasteiger partial charge in [-0.25, -0.2) is 0 Å². The SMILES string of the molecule is CC(CCl)C(C)NC(=O)c1ccc(Cl)s1. The maximum Gasteiger partial charge on any atom is 0.261 e. The van der Waals surface area contributed by atoms with E-state index in [0.717, 1.165) is 0 Å². The number of alkyl halides is 1. The second-order valence-corrected chi connectivity index (χ2v) is 5.52. The Kier molecular flexibility index (Phi) is 4.90. The van der Waals surface area contributed by atoms with Crippen LogP contribution in [0, 0.1) is 5.92 Å². The van der Waals surface area contributed by atoms with Gasteiger partial charge in [0.15, 0.2) is 0 Å². The summed E-state index contributed by atoms with van der Waals surface area (Å²) in [7, 11) is 0. The zero-order valence-corrected chi connectivity index (χ0v) is 10.9. The van der Waals surface area contributed by atoms with Crippen molar-refractivity contribution in [3.05, 3.63) is 21.3 Å². The standard InChI is InChI=1S/C10H13Cl2NOS/c1-6(5-11)7(2)13-10(14)8-3-4-9(12)15-8/h3-4,6-7H,5H2,1-2H3,(H,13,14). The predicted octanol–water partition coefficient (Wildman–Crippen LogP) is 3.39. The second kappa shape index (κ2) is 5.73. The van der Waals surface area contributed by atoms with Gasteiger partial charge in [-0.1, -0.05) is 18.5 Å². The Labute approximate surface area is 104 Å². The smallest absolute Gasteiger partial charge is 0.261 e. The summed E-state index contributed by atoms with van der Waals surface area (Å²) >= 11 is 12.7. The molecule has 0 spiro atoms.